The maximum Gasteiger partial charge on any atom is 0.491 e. The Morgan fingerprint density at radius 1 is 0.750 bits per heavy atom. The molecule has 0 rings (SSSR count). The minimum Gasteiger partial charge on any atom is -0.392 e. The standard InChI is InChI=1S/C6H15O5Si/c1-7-6(8-2,9-3)12(10-4)11-5/h1-5H3. The van der Waals surface area contributed by atoms with E-state index in [1.165, 1.54) is 35.5 Å². The average molecular weight is 195 g/mol. The number of ether oxygens (including phenoxy) is 3. The van der Waals surface area contributed by atoms with Crippen molar-refractivity contribution in [2.24, 2.45) is 0 Å². The van der Waals surface area contributed by atoms with Crippen molar-refractivity contribution in [1.29, 1.82) is 0 Å². The highest BCUT2D eigenvalue weighted by molar-refractivity contribution is 6.46. The summed E-state index contributed by atoms with van der Waals surface area (Å²) in [7, 11) is 5.70. The van der Waals surface area contributed by atoms with E-state index in [9.17, 15) is 0 Å². The van der Waals surface area contributed by atoms with Crippen LogP contribution >= 0.6 is 0 Å². The van der Waals surface area contributed by atoms with Gasteiger partial charge >= 0.3 is 14.9 Å². The Kier molecular flexibility index (Phi) is 5.63. The summed E-state index contributed by atoms with van der Waals surface area (Å²) in [6.07, 6.45) is 0. The van der Waals surface area contributed by atoms with Gasteiger partial charge in [-0.2, -0.15) is 0 Å². The fraction of sp³-hybridized carbons (Fsp3) is 1.00. The molecule has 0 atom stereocenters. The average Bonchev–Trinajstić information content (AvgIpc) is 2.14. The minimum absolute atomic E-state index is 1.20. The molecular formula is C6H15O5Si. The van der Waals surface area contributed by atoms with Crippen molar-refractivity contribution in [2.75, 3.05) is 35.5 Å². The van der Waals surface area contributed by atoms with Crippen LogP contribution in [-0.2, 0) is 23.1 Å². The zero-order chi connectivity index (χ0) is 9.61. The first kappa shape index (κ1) is 12.0. The van der Waals surface area contributed by atoms with E-state index in [2.05, 4.69) is 0 Å². The third kappa shape index (κ3) is 2.25. The lowest BCUT2D eigenvalue weighted by Crippen LogP contribution is -2.53. The minimum atomic E-state index is -1.74. The van der Waals surface area contributed by atoms with Crippen molar-refractivity contribution >= 4 is 9.28 Å². The molecule has 0 amide bonds. The van der Waals surface area contributed by atoms with Gasteiger partial charge in [0, 0.05) is 35.5 Å². The number of rotatable bonds is 6. The topological polar surface area (TPSA) is 46.2 Å². The Hall–Kier alpha value is 0.0169. The molecule has 12 heavy (non-hydrogen) atoms. The van der Waals surface area contributed by atoms with Gasteiger partial charge < -0.3 is 23.1 Å². The van der Waals surface area contributed by atoms with Crippen LogP contribution in [0.3, 0.4) is 0 Å². The Balaban J connectivity index is 4.42. The molecule has 0 fully saturated rings. The monoisotopic (exact) mass is 195 g/mol. The fourth-order valence-corrected chi connectivity index (χ4v) is 2.00. The van der Waals surface area contributed by atoms with Crippen molar-refractivity contribution in [2.45, 2.75) is 5.60 Å². The molecule has 0 aliphatic rings. The molecule has 0 N–H and O–H groups in total. The van der Waals surface area contributed by atoms with Gasteiger partial charge in [0.15, 0.2) is 0 Å². The molecule has 0 heterocycles. The molecule has 0 spiro atoms. The summed E-state index contributed by atoms with van der Waals surface area (Å²) in [6.45, 7) is 0. The van der Waals surface area contributed by atoms with E-state index < -0.39 is 14.9 Å². The van der Waals surface area contributed by atoms with Crippen LogP contribution in [0.15, 0.2) is 0 Å². The number of hydrogen-bond donors (Lipinski definition) is 0. The van der Waals surface area contributed by atoms with Gasteiger partial charge in [-0.25, -0.2) is 0 Å². The SMILES string of the molecule is CO[Si](OC)C(OC)(OC)OC. The zero-order valence-corrected chi connectivity index (χ0v) is 9.04. The Morgan fingerprint density at radius 2 is 1.08 bits per heavy atom. The lowest BCUT2D eigenvalue weighted by molar-refractivity contribution is -0.310. The predicted octanol–water partition coefficient (Wildman–Crippen LogP) is -0.100. The lowest BCUT2D eigenvalue weighted by Gasteiger charge is -2.30. The van der Waals surface area contributed by atoms with E-state index >= 15 is 0 Å². The number of methoxy groups -OCH3 is 3. The second kappa shape index (κ2) is 5.63. The zero-order valence-electron chi connectivity index (χ0n) is 8.04. The molecule has 0 aromatic rings. The quantitative estimate of drug-likeness (QED) is 0.437. The molecule has 6 heteroatoms. The first-order valence-electron chi connectivity index (χ1n) is 3.31. The van der Waals surface area contributed by atoms with Crippen LogP contribution in [-0.4, -0.2) is 50.4 Å². The van der Waals surface area contributed by atoms with Gasteiger partial charge in [-0.15, -0.1) is 0 Å². The van der Waals surface area contributed by atoms with Crippen molar-refractivity contribution in [3.63, 3.8) is 0 Å². The largest absolute Gasteiger partial charge is 0.491 e. The molecule has 0 unspecified atom stereocenters. The van der Waals surface area contributed by atoms with Gasteiger partial charge in [0.1, 0.15) is 0 Å². The van der Waals surface area contributed by atoms with Crippen LogP contribution in [0.4, 0.5) is 0 Å². The van der Waals surface area contributed by atoms with Crippen LogP contribution in [0.5, 0.6) is 0 Å². The maximum atomic E-state index is 5.04. The molecule has 73 valence electrons. The van der Waals surface area contributed by atoms with Crippen molar-refractivity contribution in [3.05, 3.63) is 0 Å². The van der Waals surface area contributed by atoms with Crippen LogP contribution in [0, 0.1) is 0 Å². The fourth-order valence-electron chi connectivity index (χ4n) is 0.833. The van der Waals surface area contributed by atoms with E-state index in [4.69, 9.17) is 23.1 Å². The van der Waals surface area contributed by atoms with Gasteiger partial charge in [-0.1, -0.05) is 0 Å². The van der Waals surface area contributed by atoms with Gasteiger partial charge in [0.2, 0.25) is 0 Å². The van der Waals surface area contributed by atoms with E-state index in [1.807, 2.05) is 0 Å². The van der Waals surface area contributed by atoms with E-state index in [0.717, 1.165) is 0 Å². The van der Waals surface area contributed by atoms with Crippen molar-refractivity contribution in [1.82, 2.24) is 0 Å². The van der Waals surface area contributed by atoms with Crippen molar-refractivity contribution in [3.8, 4) is 0 Å². The first-order valence-corrected chi connectivity index (χ1v) is 4.63. The molecule has 0 bridgehead atoms. The summed E-state index contributed by atoms with van der Waals surface area (Å²) in [6, 6.07) is 0. The van der Waals surface area contributed by atoms with Gasteiger partial charge in [0.25, 0.3) is 0 Å². The molecular weight excluding hydrogens is 180 g/mol. The summed E-state index contributed by atoms with van der Waals surface area (Å²) < 4.78 is 25.2. The van der Waals surface area contributed by atoms with Gasteiger partial charge in [0.05, 0.1) is 0 Å². The van der Waals surface area contributed by atoms with Crippen LogP contribution in [0.1, 0.15) is 0 Å². The number of hydrogen-bond acceptors (Lipinski definition) is 5. The Bertz CT molecular complexity index is 104. The normalized spacial score (nSPS) is 12.5. The van der Waals surface area contributed by atoms with Crippen LogP contribution in [0.25, 0.3) is 0 Å². The molecule has 0 saturated carbocycles. The summed E-state index contributed by atoms with van der Waals surface area (Å²) >= 11 is 0. The predicted molar refractivity (Wildman–Crippen MR) is 43.5 cm³/mol. The third-order valence-corrected chi connectivity index (χ3v) is 3.28. The molecule has 0 aliphatic heterocycles. The molecule has 0 aliphatic carbocycles. The summed E-state index contributed by atoms with van der Waals surface area (Å²) in [4.78, 5) is 0. The Labute approximate surface area is 74.4 Å². The van der Waals surface area contributed by atoms with E-state index in [-0.39, 0.29) is 0 Å². The third-order valence-electron chi connectivity index (χ3n) is 1.43. The highest BCUT2D eigenvalue weighted by Crippen LogP contribution is 2.16. The van der Waals surface area contributed by atoms with Crippen molar-refractivity contribution < 1.29 is 23.1 Å². The van der Waals surface area contributed by atoms with Crippen LogP contribution in [0.2, 0.25) is 0 Å². The van der Waals surface area contributed by atoms with Gasteiger partial charge in [-0.3, -0.25) is 0 Å². The first-order chi connectivity index (χ1) is 5.70. The summed E-state index contributed by atoms with van der Waals surface area (Å²) in [5, 5.41) is 0. The molecule has 0 aromatic heterocycles. The molecule has 5 nitrogen and oxygen atoms in total. The maximum absolute atomic E-state index is 5.04. The van der Waals surface area contributed by atoms with Crippen LogP contribution < -0.4 is 0 Å². The lowest BCUT2D eigenvalue weighted by atomic mass is 11.1. The highest BCUT2D eigenvalue weighted by Gasteiger charge is 2.46. The second-order valence-corrected chi connectivity index (χ2v) is 3.87. The molecule has 1 radical (unpaired) electrons. The van der Waals surface area contributed by atoms with Gasteiger partial charge in [-0.05, 0) is 0 Å². The summed E-state index contributed by atoms with van der Waals surface area (Å²) in [5.41, 5.74) is -1.20. The Morgan fingerprint density at radius 3 is 1.17 bits per heavy atom. The molecule has 0 aromatic carbocycles. The van der Waals surface area contributed by atoms with E-state index in [1.54, 1.807) is 0 Å². The molecule has 0 saturated heterocycles. The summed E-state index contributed by atoms with van der Waals surface area (Å²) in [5.74, 6) is 0. The second-order valence-electron chi connectivity index (χ2n) is 1.86. The smallest absolute Gasteiger partial charge is 0.392 e. The highest BCUT2D eigenvalue weighted by atomic mass is 28.3. The van der Waals surface area contributed by atoms with E-state index in [0.29, 0.717) is 0 Å².